The SMILES string of the molecule is O=C(CSc1nnc(N2CCOCC2)n1-c1ccccc1)NCC1CCCCC1. The molecule has 0 unspecified atom stereocenters. The molecule has 1 aliphatic heterocycles. The Bertz CT molecular complexity index is 786. The quantitative estimate of drug-likeness (QED) is 0.701. The average Bonchev–Trinajstić information content (AvgIpc) is 3.22. The molecule has 8 heteroatoms. The van der Waals surface area contributed by atoms with Gasteiger partial charge in [-0.25, -0.2) is 0 Å². The molecule has 2 aliphatic rings. The molecule has 4 rings (SSSR count). The number of ether oxygens (including phenoxy) is 1. The highest BCUT2D eigenvalue weighted by Crippen LogP contribution is 2.27. The Morgan fingerprint density at radius 1 is 1.10 bits per heavy atom. The number of benzene rings is 1. The molecule has 1 aromatic heterocycles. The van der Waals surface area contributed by atoms with E-state index in [9.17, 15) is 4.79 Å². The molecule has 7 nitrogen and oxygen atoms in total. The summed E-state index contributed by atoms with van der Waals surface area (Å²) in [5, 5.41) is 12.7. The molecule has 1 aromatic carbocycles. The van der Waals surface area contributed by atoms with Crippen LogP contribution in [0.4, 0.5) is 5.95 Å². The van der Waals surface area contributed by atoms with Gasteiger partial charge in [0.15, 0.2) is 5.16 Å². The van der Waals surface area contributed by atoms with Crippen LogP contribution in [-0.2, 0) is 9.53 Å². The molecular weight excluding hydrogens is 386 g/mol. The second-order valence-corrected chi connectivity index (χ2v) is 8.59. The summed E-state index contributed by atoms with van der Waals surface area (Å²) in [5.74, 6) is 1.86. The fourth-order valence-corrected chi connectivity index (χ4v) is 4.73. The van der Waals surface area contributed by atoms with E-state index in [1.165, 1.54) is 43.9 Å². The van der Waals surface area contributed by atoms with E-state index in [1.54, 1.807) is 0 Å². The number of hydrogen-bond donors (Lipinski definition) is 1. The van der Waals surface area contributed by atoms with E-state index in [0.717, 1.165) is 36.4 Å². The van der Waals surface area contributed by atoms with E-state index in [1.807, 2.05) is 34.9 Å². The number of thioether (sulfide) groups is 1. The summed E-state index contributed by atoms with van der Waals surface area (Å²) in [6, 6.07) is 10.1. The minimum atomic E-state index is 0.0658. The van der Waals surface area contributed by atoms with Crippen molar-refractivity contribution in [1.29, 1.82) is 0 Å². The van der Waals surface area contributed by atoms with Crippen molar-refractivity contribution in [3.05, 3.63) is 30.3 Å². The molecule has 0 spiro atoms. The van der Waals surface area contributed by atoms with Gasteiger partial charge in [0.2, 0.25) is 11.9 Å². The number of morpholine rings is 1. The van der Waals surface area contributed by atoms with Crippen LogP contribution in [0, 0.1) is 5.92 Å². The van der Waals surface area contributed by atoms with Crippen molar-refractivity contribution in [1.82, 2.24) is 20.1 Å². The van der Waals surface area contributed by atoms with Gasteiger partial charge >= 0.3 is 0 Å². The monoisotopic (exact) mass is 415 g/mol. The Kier molecular flexibility index (Phi) is 7.05. The van der Waals surface area contributed by atoms with Gasteiger partial charge in [-0.05, 0) is 30.9 Å². The molecule has 1 saturated carbocycles. The van der Waals surface area contributed by atoms with Crippen LogP contribution < -0.4 is 10.2 Å². The zero-order valence-corrected chi connectivity index (χ0v) is 17.6. The van der Waals surface area contributed by atoms with Crippen LogP contribution in [0.5, 0.6) is 0 Å². The maximum atomic E-state index is 12.4. The third-order valence-corrected chi connectivity index (χ3v) is 6.50. The number of nitrogens with one attached hydrogen (secondary N) is 1. The Morgan fingerprint density at radius 2 is 1.86 bits per heavy atom. The summed E-state index contributed by atoms with van der Waals surface area (Å²) in [5.41, 5.74) is 1.00. The van der Waals surface area contributed by atoms with Crippen LogP contribution in [0.1, 0.15) is 32.1 Å². The third kappa shape index (κ3) is 5.30. The molecule has 2 aromatic rings. The number of carbonyl (C=O) groups excluding carboxylic acids is 1. The second kappa shape index (κ2) is 10.1. The topological polar surface area (TPSA) is 72.3 Å². The molecule has 1 saturated heterocycles. The molecular formula is C21H29N5O2S. The van der Waals surface area contributed by atoms with Crippen molar-refractivity contribution in [3.63, 3.8) is 0 Å². The highest BCUT2D eigenvalue weighted by atomic mass is 32.2. The van der Waals surface area contributed by atoms with Gasteiger partial charge in [-0.15, -0.1) is 10.2 Å². The number of carbonyl (C=O) groups is 1. The van der Waals surface area contributed by atoms with E-state index in [4.69, 9.17) is 4.74 Å². The lowest BCUT2D eigenvalue weighted by Crippen LogP contribution is -2.37. The van der Waals surface area contributed by atoms with Crippen molar-refractivity contribution in [2.75, 3.05) is 43.5 Å². The molecule has 156 valence electrons. The first-order chi connectivity index (χ1) is 14.3. The maximum absolute atomic E-state index is 12.4. The van der Waals surface area contributed by atoms with Crippen LogP contribution in [0.3, 0.4) is 0 Å². The number of rotatable bonds is 7. The fourth-order valence-electron chi connectivity index (χ4n) is 3.96. The molecule has 29 heavy (non-hydrogen) atoms. The first-order valence-electron chi connectivity index (χ1n) is 10.5. The van der Waals surface area contributed by atoms with E-state index < -0.39 is 0 Å². The van der Waals surface area contributed by atoms with E-state index in [2.05, 4.69) is 20.4 Å². The number of hydrogen-bond acceptors (Lipinski definition) is 6. The predicted octanol–water partition coefficient (Wildman–Crippen LogP) is 2.89. The molecule has 2 heterocycles. The van der Waals surface area contributed by atoms with Gasteiger partial charge in [0.1, 0.15) is 0 Å². The van der Waals surface area contributed by atoms with Crippen molar-refractivity contribution >= 4 is 23.6 Å². The summed E-state index contributed by atoms with van der Waals surface area (Å²) >= 11 is 1.44. The lowest BCUT2D eigenvalue weighted by molar-refractivity contribution is -0.118. The highest BCUT2D eigenvalue weighted by Gasteiger charge is 2.22. The largest absolute Gasteiger partial charge is 0.378 e. The van der Waals surface area contributed by atoms with Crippen LogP contribution in [0.15, 0.2) is 35.5 Å². The Morgan fingerprint density at radius 3 is 2.62 bits per heavy atom. The average molecular weight is 416 g/mol. The first-order valence-corrected chi connectivity index (χ1v) is 11.5. The van der Waals surface area contributed by atoms with Gasteiger partial charge < -0.3 is 15.0 Å². The smallest absolute Gasteiger partial charge is 0.232 e. The van der Waals surface area contributed by atoms with Crippen LogP contribution in [-0.4, -0.2) is 59.3 Å². The number of para-hydroxylation sites is 1. The van der Waals surface area contributed by atoms with E-state index in [-0.39, 0.29) is 5.91 Å². The number of anilines is 1. The number of aromatic nitrogens is 3. The summed E-state index contributed by atoms with van der Waals surface area (Å²) in [6.07, 6.45) is 6.39. The summed E-state index contributed by atoms with van der Waals surface area (Å²) in [7, 11) is 0. The summed E-state index contributed by atoms with van der Waals surface area (Å²) in [4.78, 5) is 14.6. The normalized spacial score (nSPS) is 18.0. The zero-order valence-electron chi connectivity index (χ0n) is 16.8. The Labute approximate surface area is 176 Å². The van der Waals surface area contributed by atoms with Crippen LogP contribution >= 0.6 is 11.8 Å². The van der Waals surface area contributed by atoms with Gasteiger partial charge in [0, 0.05) is 19.6 Å². The molecule has 1 aliphatic carbocycles. The van der Waals surface area contributed by atoms with Crippen LogP contribution in [0.2, 0.25) is 0 Å². The highest BCUT2D eigenvalue weighted by molar-refractivity contribution is 7.99. The molecule has 0 radical (unpaired) electrons. The van der Waals surface area contributed by atoms with E-state index >= 15 is 0 Å². The van der Waals surface area contributed by atoms with Gasteiger partial charge in [0.05, 0.1) is 24.7 Å². The molecule has 2 fully saturated rings. The third-order valence-electron chi connectivity index (χ3n) is 5.57. The first kappa shape index (κ1) is 20.2. The van der Waals surface area contributed by atoms with Crippen molar-refractivity contribution in [3.8, 4) is 5.69 Å². The predicted molar refractivity (Wildman–Crippen MR) is 115 cm³/mol. The van der Waals surface area contributed by atoms with Gasteiger partial charge in [0.25, 0.3) is 0 Å². The number of amides is 1. The number of nitrogens with zero attached hydrogens (tertiary/aromatic N) is 4. The summed E-state index contributed by atoms with van der Waals surface area (Å²) in [6.45, 7) is 3.75. The van der Waals surface area contributed by atoms with Gasteiger partial charge in [-0.1, -0.05) is 49.2 Å². The standard InChI is InChI=1S/C21H29N5O2S/c27-19(22-15-17-7-3-1-4-8-17)16-29-21-24-23-20(25-11-13-28-14-12-25)26(21)18-9-5-2-6-10-18/h2,5-6,9-10,17H,1,3-4,7-8,11-16H2,(H,22,27). The van der Waals surface area contributed by atoms with Crippen molar-refractivity contribution in [2.24, 2.45) is 5.92 Å². The lowest BCUT2D eigenvalue weighted by Gasteiger charge is -2.27. The Balaban J connectivity index is 1.42. The van der Waals surface area contributed by atoms with Gasteiger partial charge in [-0.3, -0.25) is 9.36 Å². The molecule has 0 bridgehead atoms. The molecule has 1 N–H and O–H groups in total. The second-order valence-electron chi connectivity index (χ2n) is 7.65. The summed E-state index contributed by atoms with van der Waals surface area (Å²) < 4.78 is 7.52. The fraction of sp³-hybridized carbons (Fsp3) is 0.571. The molecule has 1 amide bonds. The zero-order chi connectivity index (χ0) is 19.9. The minimum absolute atomic E-state index is 0.0658. The van der Waals surface area contributed by atoms with Gasteiger partial charge in [-0.2, -0.15) is 0 Å². The maximum Gasteiger partial charge on any atom is 0.232 e. The van der Waals surface area contributed by atoms with Crippen molar-refractivity contribution in [2.45, 2.75) is 37.3 Å². The van der Waals surface area contributed by atoms with Crippen molar-refractivity contribution < 1.29 is 9.53 Å². The van der Waals surface area contributed by atoms with Crippen LogP contribution in [0.25, 0.3) is 5.69 Å². The Hall–Kier alpha value is -2.06. The lowest BCUT2D eigenvalue weighted by atomic mass is 9.89. The molecule has 0 atom stereocenters. The minimum Gasteiger partial charge on any atom is -0.378 e. The van der Waals surface area contributed by atoms with E-state index in [0.29, 0.717) is 24.9 Å².